The monoisotopic (exact) mass is 187 g/mol. The van der Waals surface area contributed by atoms with E-state index < -0.39 is 6.03 Å². The Morgan fingerprint density at radius 3 is 3.08 bits per heavy atom. The highest BCUT2D eigenvalue weighted by molar-refractivity contribution is 7.09. The van der Waals surface area contributed by atoms with Crippen molar-refractivity contribution in [3.8, 4) is 0 Å². The van der Waals surface area contributed by atoms with Crippen molar-refractivity contribution in [2.24, 2.45) is 5.73 Å². The van der Waals surface area contributed by atoms with Crippen molar-refractivity contribution in [2.45, 2.75) is 0 Å². The number of nitrogens with two attached hydrogens (primary N) is 1. The molecule has 0 saturated carbocycles. The van der Waals surface area contributed by atoms with Crippen LogP contribution in [0.1, 0.15) is 0 Å². The molecule has 66 valence electrons. The fourth-order valence-electron chi connectivity index (χ4n) is 0.606. The van der Waals surface area contributed by atoms with Crippen molar-refractivity contribution < 1.29 is 4.79 Å². The summed E-state index contributed by atoms with van der Waals surface area (Å²) >= 11 is 1.27. The second-order valence-corrected chi connectivity index (χ2v) is 2.74. The molecular weight excluding hydrogens is 178 g/mol. The molecule has 0 spiro atoms. The van der Waals surface area contributed by atoms with Gasteiger partial charge in [-0.2, -0.15) is 4.37 Å². The van der Waals surface area contributed by atoms with Gasteiger partial charge in [0, 0.05) is 24.6 Å². The van der Waals surface area contributed by atoms with Crippen molar-refractivity contribution >= 4 is 22.7 Å². The fourth-order valence-corrected chi connectivity index (χ4v) is 1.06. The average Bonchev–Trinajstić information content (AvgIpc) is 2.49. The van der Waals surface area contributed by atoms with Crippen LogP contribution in [0.2, 0.25) is 0 Å². The van der Waals surface area contributed by atoms with E-state index >= 15 is 0 Å². The molecule has 0 bridgehead atoms. The maximum Gasteiger partial charge on any atom is 0.312 e. The number of anilines is 1. The number of urea groups is 1. The molecule has 6 nitrogen and oxygen atoms in total. The topological polar surface area (TPSA) is 92.9 Å². The first kappa shape index (κ1) is 8.72. The lowest BCUT2D eigenvalue weighted by Gasteiger charge is -2.01. The molecule has 2 amide bonds. The Kier molecular flexibility index (Phi) is 3.27. The van der Waals surface area contributed by atoms with E-state index in [9.17, 15) is 4.79 Å². The maximum absolute atomic E-state index is 10.2. The van der Waals surface area contributed by atoms with Crippen molar-refractivity contribution in [3.05, 3.63) is 6.33 Å². The van der Waals surface area contributed by atoms with Crippen molar-refractivity contribution in [3.63, 3.8) is 0 Å². The highest BCUT2D eigenvalue weighted by Gasteiger charge is 1.94. The van der Waals surface area contributed by atoms with Crippen LogP contribution in [0.4, 0.5) is 9.93 Å². The fraction of sp³-hybridized carbons (Fsp3) is 0.400. The lowest BCUT2D eigenvalue weighted by atomic mass is 10.6. The van der Waals surface area contributed by atoms with E-state index in [0.717, 1.165) is 5.13 Å². The zero-order valence-corrected chi connectivity index (χ0v) is 7.10. The smallest absolute Gasteiger partial charge is 0.312 e. The van der Waals surface area contributed by atoms with Crippen molar-refractivity contribution in [1.29, 1.82) is 0 Å². The van der Waals surface area contributed by atoms with Crippen LogP contribution in [0.3, 0.4) is 0 Å². The summed E-state index contributed by atoms with van der Waals surface area (Å²) in [5, 5.41) is 6.13. The number of nitrogens with one attached hydrogen (secondary N) is 2. The van der Waals surface area contributed by atoms with Gasteiger partial charge in [-0.1, -0.05) is 0 Å². The quantitative estimate of drug-likeness (QED) is 0.560. The number of carbonyl (C=O) groups excluding carboxylic acids is 1. The van der Waals surface area contributed by atoms with Crippen LogP contribution in [0.25, 0.3) is 0 Å². The third-order valence-electron chi connectivity index (χ3n) is 1.06. The minimum Gasteiger partial charge on any atom is -0.359 e. The molecule has 0 saturated heterocycles. The minimum absolute atomic E-state index is 0.481. The zero-order valence-electron chi connectivity index (χ0n) is 6.28. The van der Waals surface area contributed by atoms with Gasteiger partial charge in [0.1, 0.15) is 6.33 Å². The van der Waals surface area contributed by atoms with Crippen LogP contribution in [-0.2, 0) is 0 Å². The number of rotatable bonds is 4. The van der Waals surface area contributed by atoms with Gasteiger partial charge in [0.2, 0.25) is 5.13 Å². The van der Waals surface area contributed by atoms with Gasteiger partial charge < -0.3 is 16.4 Å². The SMILES string of the molecule is NC(=O)NCCNc1ncns1. The van der Waals surface area contributed by atoms with Gasteiger partial charge in [-0.05, 0) is 0 Å². The van der Waals surface area contributed by atoms with Gasteiger partial charge in [-0.25, -0.2) is 9.78 Å². The lowest BCUT2D eigenvalue weighted by molar-refractivity contribution is 0.249. The number of aromatic nitrogens is 2. The van der Waals surface area contributed by atoms with E-state index in [0.29, 0.717) is 13.1 Å². The number of carbonyl (C=O) groups is 1. The molecule has 0 aliphatic carbocycles. The van der Waals surface area contributed by atoms with Crippen LogP contribution < -0.4 is 16.4 Å². The number of amides is 2. The molecule has 0 aliphatic heterocycles. The summed E-state index contributed by atoms with van der Waals surface area (Å²) in [7, 11) is 0. The Morgan fingerprint density at radius 2 is 2.50 bits per heavy atom. The first-order valence-electron chi connectivity index (χ1n) is 3.33. The number of hydrogen-bond acceptors (Lipinski definition) is 5. The molecule has 1 heterocycles. The minimum atomic E-state index is -0.519. The molecule has 0 aliphatic rings. The van der Waals surface area contributed by atoms with E-state index in [1.165, 1.54) is 17.9 Å². The summed E-state index contributed by atoms with van der Waals surface area (Å²) in [4.78, 5) is 14.1. The van der Waals surface area contributed by atoms with E-state index in [1.54, 1.807) is 0 Å². The van der Waals surface area contributed by atoms with Crippen LogP contribution in [0.5, 0.6) is 0 Å². The molecule has 1 rings (SSSR count). The standard InChI is InChI=1S/C5H9N5OS/c6-4(11)7-1-2-8-5-9-3-10-12-5/h3H,1-2H2,(H3,6,7,11)(H,8,9,10). The highest BCUT2D eigenvalue weighted by atomic mass is 32.1. The third-order valence-corrected chi connectivity index (χ3v) is 1.68. The highest BCUT2D eigenvalue weighted by Crippen LogP contribution is 2.04. The predicted octanol–water partition coefficient (Wildman–Crippen LogP) is -0.382. The van der Waals surface area contributed by atoms with Gasteiger partial charge in [-0.15, -0.1) is 0 Å². The Labute approximate surface area is 73.3 Å². The van der Waals surface area contributed by atoms with Crippen LogP contribution in [0.15, 0.2) is 6.33 Å². The molecule has 0 fully saturated rings. The second-order valence-electron chi connectivity index (χ2n) is 1.96. The Bertz CT molecular complexity index is 236. The average molecular weight is 187 g/mol. The molecule has 4 N–H and O–H groups in total. The van der Waals surface area contributed by atoms with E-state index in [1.807, 2.05) is 0 Å². The van der Waals surface area contributed by atoms with E-state index in [4.69, 9.17) is 5.73 Å². The molecule has 1 aromatic heterocycles. The maximum atomic E-state index is 10.2. The van der Waals surface area contributed by atoms with Crippen molar-refractivity contribution in [2.75, 3.05) is 18.4 Å². The summed E-state index contributed by atoms with van der Waals surface area (Å²) in [5.41, 5.74) is 4.85. The second kappa shape index (κ2) is 4.50. The summed E-state index contributed by atoms with van der Waals surface area (Å²) in [5.74, 6) is 0. The van der Waals surface area contributed by atoms with Gasteiger partial charge in [-0.3, -0.25) is 0 Å². The number of hydrogen-bond donors (Lipinski definition) is 3. The zero-order chi connectivity index (χ0) is 8.81. The third kappa shape index (κ3) is 3.15. The molecule has 0 atom stereocenters. The van der Waals surface area contributed by atoms with E-state index in [2.05, 4.69) is 20.0 Å². The number of nitrogens with zero attached hydrogens (tertiary/aromatic N) is 2. The Morgan fingerprint density at radius 1 is 1.67 bits per heavy atom. The lowest BCUT2D eigenvalue weighted by Crippen LogP contribution is -2.33. The summed E-state index contributed by atoms with van der Waals surface area (Å²) in [6, 6.07) is -0.519. The molecule has 0 radical (unpaired) electrons. The van der Waals surface area contributed by atoms with Gasteiger partial charge >= 0.3 is 6.03 Å². The van der Waals surface area contributed by atoms with E-state index in [-0.39, 0.29) is 0 Å². The number of primary amides is 1. The Balaban J connectivity index is 2.07. The first-order valence-corrected chi connectivity index (χ1v) is 4.10. The molecule has 12 heavy (non-hydrogen) atoms. The summed E-state index contributed by atoms with van der Waals surface area (Å²) < 4.78 is 3.79. The predicted molar refractivity (Wildman–Crippen MR) is 46.0 cm³/mol. The molecule has 7 heteroatoms. The van der Waals surface area contributed by atoms with Crippen LogP contribution in [-0.4, -0.2) is 28.5 Å². The summed E-state index contributed by atoms with van der Waals surface area (Å²) in [6.45, 7) is 1.08. The van der Waals surface area contributed by atoms with Crippen LogP contribution in [0, 0.1) is 0 Å². The molecule has 0 unspecified atom stereocenters. The van der Waals surface area contributed by atoms with Gasteiger partial charge in [0.25, 0.3) is 0 Å². The van der Waals surface area contributed by atoms with Crippen LogP contribution >= 0.6 is 11.5 Å². The van der Waals surface area contributed by atoms with Gasteiger partial charge in [0.05, 0.1) is 0 Å². The first-order chi connectivity index (χ1) is 5.79. The molecular formula is C5H9N5OS. The Hall–Kier alpha value is -1.37. The van der Waals surface area contributed by atoms with Gasteiger partial charge in [0.15, 0.2) is 0 Å². The molecule has 0 aromatic carbocycles. The van der Waals surface area contributed by atoms with Crippen molar-refractivity contribution in [1.82, 2.24) is 14.7 Å². The summed E-state index contributed by atoms with van der Waals surface area (Å²) in [6.07, 6.45) is 1.47. The normalized spacial score (nSPS) is 9.33. The molecule has 1 aromatic rings. The largest absolute Gasteiger partial charge is 0.359 e.